The molecule has 248 valence electrons. The van der Waals surface area contributed by atoms with E-state index in [9.17, 15) is 48.6 Å². The van der Waals surface area contributed by atoms with Gasteiger partial charge in [-0.15, -0.1) is 0 Å². The quantitative estimate of drug-likeness (QED) is 0.101. The largest absolute Gasteiger partial charge is 0.479 e. The van der Waals surface area contributed by atoms with Crippen LogP contribution in [-0.4, -0.2) is 100 Å². The van der Waals surface area contributed by atoms with Crippen LogP contribution in [0.1, 0.15) is 69.7 Å². The van der Waals surface area contributed by atoms with Gasteiger partial charge in [0.05, 0.1) is 38.0 Å². The average Bonchev–Trinajstić information content (AvgIpc) is 2.94. The molecule has 0 saturated heterocycles. The van der Waals surface area contributed by atoms with Gasteiger partial charge in [0, 0.05) is 31.6 Å². The fourth-order valence-electron chi connectivity index (χ4n) is 4.23. The molecule has 1 amide bonds. The number of rotatable bonds is 18. The van der Waals surface area contributed by atoms with Crippen molar-refractivity contribution in [1.82, 2.24) is 9.88 Å². The predicted octanol–water partition coefficient (Wildman–Crippen LogP) is -0.830. The predicted molar refractivity (Wildman–Crippen MR) is 151 cm³/mol. The maximum absolute atomic E-state index is 12.3. The second-order valence-electron chi connectivity index (χ2n) is 10.6. The molecule has 2 unspecified atom stereocenters. The lowest BCUT2D eigenvalue weighted by Gasteiger charge is -2.24. The van der Waals surface area contributed by atoms with Crippen LogP contribution in [0.5, 0.6) is 5.88 Å². The minimum absolute atomic E-state index is 0.00294. The number of esters is 3. The van der Waals surface area contributed by atoms with Crippen LogP contribution in [0.2, 0.25) is 0 Å². The maximum Gasteiger partial charge on any atom is 0.338 e. The van der Waals surface area contributed by atoms with Gasteiger partial charge < -0.3 is 34.5 Å². The summed E-state index contributed by atoms with van der Waals surface area (Å²) in [6, 6.07) is 2.57. The standard InChI is InChI=1S/C29H38N2O14/c1-18(32)14-28(40,19(2)33)16-25(37)43-10-11-44-26(38)17-29(41,20(3)34)15-22(35)30-6-4-8-45-27(39)21-12-23(36)31-7-5-9-42-24(31)13-21/h12-13,40-41H,4-11,14-17H2,1-3H3,(H,30,35). The minimum atomic E-state index is -2.39. The molecule has 16 heteroatoms. The van der Waals surface area contributed by atoms with E-state index in [1.54, 1.807) is 0 Å². The van der Waals surface area contributed by atoms with Crippen molar-refractivity contribution in [1.29, 1.82) is 0 Å². The van der Waals surface area contributed by atoms with Crippen molar-refractivity contribution in [3.05, 3.63) is 28.0 Å². The molecule has 0 aliphatic carbocycles. The first-order chi connectivity index (χ1) is 21.1. The summed E-state index contributed by atoms with van der Waals surface area (Å²) in [4.78, 5) is 95.9. The van der Waals surface area contributed by atoms with E-state index < -0.39 is 96.8 Å². The first-order valence-corrected chi connectivity index (χ1v) is 14.2. The van der Waals surface area contributed by atoms with Crippen molar-refractivity contribution in [3.63, 3.8) is 0 Å². The van der Waals surface area contributed by atoms with Gasteiger partial charge in [-0.25, -0.2) is 4.79 Å². The number of nitrogens with one attached hydrogen (secondary N) is 1. The molecule has 1 aliphatic heterocycles. The Morgan fingerprint density at radius 2 is 1.42 bits per heavy atom. The van der Waals surface area contributed by atoms with Gasteiger partial charge in [-0.05, 0) is 33.6 Å². The van der Waals surface area contributed by atoms with E-state index in [-0.39, 0.29) is 31.0 Å². The Kier molecular flexibility index (Phi) is 13.5. The summed E-state index contributed by atoms with van der Waals surface area (Å²) in [5.74, 6) is -5.54. The summed E-state index contributed by atoms with van der Waals surface area (Å²) in [6.07, 6.45) is -2.18. The van der Waals surface area contributed by atoms with Crippen molar-refractivity contribution >= 4 is 41.2 Å². The van der Waals surface area contributed by atoms with Gasteiger partial charge in [0.15, 0.2) is 17.4 Å². The van der Waals surface area contributed by atoms with Crippen LogP contribution in [-0.2, 0) is 49.5 Å². The molecule has 0 spiro atoms. The van der Waals surface area contributed by atoms with E-state index in [0.29, 0.717) is 19.6 Å². The molecule has 0 radical (unpaired) electrons. The van der Waals surface area contributed by atoms with E-state index in [1.807, 2.05) is 0 Å². The number of ether oxygens (including phenoxy) is 4. The molecule has 0 bridgehead atoms. The van der Waals surface area contributed by atoms with Crippen molar-refractivity contribution in [2.75, 3.05) is 33.0 Å². The lowest BCUT2D eigenvalue weighted by atomic mass is 9.90. The average molecular weight is 639 g/mol. The molecule has 45 heavy (non-hydrogen) atoms. The van der Waals surface area contributed by atoms with Crippen LogP contribution in [0.4, 0.5) is 0 Å². The molecule has 2 heterocycles. The van der Waals surface area contributed by atoms with E-state index >= 15 is 0 Å². The molecule has 1 aliphatic rings. The Hall–Kier alpha value is -4.44. The van der Waals surface area contributed by atoms with Crippen LogP contribution < -0.4 is 15.6 Å². The molecule has 0 fully saturated rings. The highest BCUT2D eigenvalue weighted by Crippen LogP contribution is 2.20. The topological polar surface area (TPSA) is 231 Å². The number of pyridine rings is 1. The number of ketones is 3. The third-order valence-electron chi connectivity index (χ3n) is 6.77. The van der Waals surface area contributed by atoms with Gasteiger partial charge in [-0.2, -0.15) is 0 Å². The molecule has 1 aromatic rings. The van der Waals surface area contributed by atoms with Crippen LogP contribution in [0, 0.1) is 0 Å². The number of carbonyl (C=O) groups is 7. The van der Waals surface area contributed by atoms with E-state index in [4.69, 9.17) is 18.9 Å². The Labute approximate surface area is 257 Å². The summed E-state index contributed by atoms with van der Waals surface area (Å²) >= 11 is 0. The third kappa shape index (κ3) is 11.5. The highest BCUT2D eigenvalue weighted by molar-refractivity contribution is 5.95. The zero-order chi connectivity index (χ0) is 33.8. The normalized spacial score (nSPS) is 14.8. The molecule has 2 rings (SSSR count). The first kappa shape index (κ1) is 36.8. The van der Waals surface area contributed by atoms with Gasteiger partial charge in [0.1, 0.15) is 30.2 Å². The highest BCUT2D eigenvalue weighted by Gasteiger charge is 2.39. The van der Waals surface area contributed by atoms with Gasteiger partial charge in [0.2, 0.25) is 5.91 Å². The third-order valence-corrected chi connectivity index (χ3v) is 6.77. The zero-order valence-electron chi connectivity index (χ0n) is 25.4. The van der Waals surface area contributed by atoms with Gasteiger partial charge in [-0.1, -0.05) is 0 Å². The maximum atomic E-state index is 12.3. The van der Waals surface area contributed by atoms with Crippen LogP contribution in [0.3, 0.4) is 0 Å². The highest BCUT2D eigenvalue weighted by atomic mass is 16.6. The molecule has 0 saturated carbocycles. The lowest BCUT2D eigenvalue weighted by Crippen LogP contribution is -2.44. The Morgan fingerprint density at radius 3 is 1.98 bits per heavy atom. The number of aliphatic hydroxyl groups is 2. The summed E-state index contributed by atoms with van der Waals surface area (Å²) in [5.41, 5.74) is -4.98. The van der Waals surface area contributed by atoms with Gasteiger partial charge in [0.25, 0.3) is 5.56 Å². The van der Waals surface area contributed by atoms with E-state index in [1.165, 1.54) is 10.6 Å². The van der Waals surface area contributed by atoms with Crippen LogP contribution >= 0.6 is 0 Å². The van der Waals surface area contributed by atoms with Crippen molar-refractivity contribution in [2.24, 2.45) is 0 Å². The molecular weight excluding hydrogens is 600 g/mol. The number of amides is 1. The van der Waals surface area contributed by atoms with Crippen molar-refractivity contribution in [3.8, 4) is 5.88 Å². The second-order valence-corrected chi connectivity index (χ2v) is 10.6. The number of carbonyl (C=O) groups excluding carboxylic acids is 7. The Balaban J connectivity index is 1.72. The van der Waals surface area contributed by atoms with Crippen molar-refractivity contribution < 1.29 is 62.7 Å². The fraction of sp³-hybridized carbons (Fsp3) is 0.586. The van der Waals surface area contributed by atoms with E-state index in [2.05, 4.69) is 5.32 Å². The second kappa shape index (κ2) is 16.6. The molecule has 0 aromatic carbocycles. The summed E-state index contributed by atoms with van der Waals surface area (Å²) < 4.78 is 21.6. The number of hydrogen-bond acceptors (Lipinski definition) is 14. The fourth-order valence-corrected chi connectivity index (χ4v) is 4.23. The lowest BCUT2D eigenvalue weighted by molar-refractivity contribution is -0.162. The number of hydrogen-bond donors (Lipinski definition) is 3. The van der Waals surface area contributed by atoms with Crippen LogP contribution in [0.15, 0.2) is 16.9 Å². The Bertz CT molecular complexity index is 1370. The van der Waals surface area contributed by atoms with Crippen molar-refractivity contribution in [2.45, 2.75) is 77.0 Å². The molecule has 3 N–H and O–H groups in total. The number of fused-ring (bicyclic) bond motifs is 1. The number of Topliss-reactive ketones (excluding diaryl/α,β-unsaturated/α-hetero) is 3. The number of nitrogens with zero attached hydrogens (tertiary/aromatic N) is 1. The monoisotopic (exact) mass is 638 g/mol. The minimum Gasteiger partial charge on any atom is -0.479 e. The van der Waals surface area contributed by atoms with E-state index in [0.717, 1.165) is 26.8 Å². The summed E-state index contributed by atoms with van der Waals surface area (Å²) in [5, 5.41) is 23.3. The zero-order valence-corrected chi connectivity index (χ0v) is 25.4. The summed E-state index contributed by atoms with van der Waals surface area (Å²) in [7, 11) is 0. The van der Waals surface area contributed by atoms with Crippen LogP contribution in [0.25, 0.3) is 0 Å². The van der Waals surface area contributed by atoms with Gasteiger partial charge in [-0.3, -0.25) is 38.1 Å². The Morgan fingerprint density at radius 1 is 0.844 bits per heavy atom. The molecule has 1 aromatic heterocycles. The smallest absolute Gasteiger partial charge is 0.338 e. The molecule has 16 nitrogen and oxygen atoms in total. The SMILES string of the molecule is CC(=O)CC(O)(CC(=O)OCCOC(=O)CC(O)(CC(=O)NCCCOC(=O)c1cc2n(c(=O)c1)CCCO2)C(C)=O)C(C)=O. The summed E-state index contributed by atoms with van der Waals surface area (Å²) in [6.45, 7) is 2.96. The molecular formula is C29H38N2O14. The number of aromatic nitrogens is 1. The van der Waals surface area contributed by atoms with Gasteiger partial charge >= 0.3 is 17.9 Å². The first-order valence-electron chi connectivity index (χ1n) is 14.2. The molecule has 2 atom stereocenters.